The number of nitrogens with zero attached hydrogens (tertiary/aromatic N) is 3. The van der Waals surface area contributed by atoms with Crippen molar-refractivity contribution in [2.75, 3.05) is 6.61 Å². The summed E-state index contributed by atoms with van der Waals surface area (Å²) in [4.78, 5) is 8.80. The van der Waals surface area contributed by atoms with Gasteiger partial charge in [0.2, 0.25) is 5.89 Å². The third-order valence-corrected chi connectivity index (χ3v) is 4.28. The van der Waals surface area contributed by atoms with E-state index >= 15 is 0 Å². The second-order valence-corrected chi connectivity index (χ2v) is 5.68. The maximum atomic E-state index is 5.62. The van der Waals surface area contributed by atoms with Crippen LogP contribution in [0, 0.1) is 0 Å². The van der Waals surface area contributed by atoms with Crippen LogP contribution in [-0.4, -0.2) is 27.8 Å². The quantitative estimate of drug-likeness (QED) is 0.853. The lowest BCUT2D eigenvalue weighted by Crippen LogP contribution is -2.12. The second-order valence-electron chi connectivity index (χ2n) is 5.68. The molecule has 0 spiro atoms. The summed E-state index contributed by atoms with van der Waals surface area (Å²) in [5, 5.41) is 4.12. The average molecular weight is 271 g/mol. The molecule has 5 heteroatoms. The van der Waals surface area contributed by atoms with Crippen LogP contribution in [0.1, 0.15) is 43.0 Å². The first-order chi connectivity index (χ1) is 9.87. The van der Waals surface area contributed by atoms with Crippen LogP contribution < -0.4 is 0 Å². The summed E-state index contributed by atoms with van der Waals surface area (Å²) < 4.78 is 11.1. The summed E-state index contributed by atoms with van der Waals surface area (Å²) in [6.45, 7) is 0.856. The minimum Gasteiger partial charge on any atom is -0.378 e. The molecule has 0 amide bonds. The molecule has 0 radical (unpaired) electrons. The van der Waals surface area contributed by atoms with Crippen LogP contribution in [0.3, 0.4) is 0 Å². The Morgan fingerprint density at radius 3 is 3.00 bits per heavy atom. The molecular formula is C15H17N3O2. The lowest BCUT2D eigenvalue weighted by Gasteiger charge is -2.09. The van der Waals surface area contributed by atoms with Gasteiger partial charge in [0, 0.05) is 25.4 Å². The van der Waals surface area contributed by atoms with Gasteiger partial charge in [-0.1, -0.05) is 11.2 Å². The predicted molar refractivity (Wildman–Crippen MR) is 71.2 cm³/mol. The summed E-state index contributed by atoms with van der Waals surface area (Å²) in [5.41, 5.74) is 1.09. The highest BCUT2D eigenvalue weighted by atomic mass is 16.5. The molecule has 0 bridgehead atoms. The van der Waals surface area contributed by atoms with E-state index in [0.717, 1.165) is 50.4 Å². The maximum Gasteiger partial charge on any atom is 0.237 e. The van der Waals surface area contributed by atoms with Gasteiger partial charge in [-0.3, -0.25) is 4.98 Å². The van der Waals surface area contributed by atoms with Crippen LogP contribution in [0.25, 0.3) is 0 Å². The lowest BCUT2D eigenvalue weighted by molar-refractivity contribution is 0.109. The largest absolute Gasteiger partial charge is 0.378 e. The van der Waals surface area contributed by atoms with E-state index in [0.29, 0.717) is 0 Å². The highest BCUT2D eigenvalue weighted by Crippen LogP contribution is 2.52. The topological polar surface area (TPSA) is 61.0 Å². The van der Waals surface area contributed by atoms with Gasteiger partial charge in [0.15, 0.2) is 5.82 Å². The normalized spacial score (nSPS) is 23.9. The molecule has 2 fully saturated rings. The molecule has 2 aliphatic rings. The number of hydrogen-bond donors (Lipinski definition) is 0. The fraction of sp³-hybridized carbons (Fsp3) is 0.533. The van der Waals surface area contributed by atoms with Crippen LogP contribution in [0.15, 0.2) is 29.0 Å². The molecule has 5 nitrogen and oxygen atoms in total. The van der Waals surface area contributed by atoms with Crippen molar-refractivity contribution in [3.63, 3.8) is 0 Å². The summed E-state index contributed by atoms with van der Waals surface area (Å²) in [5.74, 6) is 1.50. The van der Waals surface area contributed by atoms with Crippen molar-refractivity contribution in [3.05, 3.63) is 41.8 Å². The highest BCUT2D eigenvalue weighted by molar-refractivity contribution is 5.36. The minimum atomic E-state index is -0.0873. The fourth-order valence-electron chi connectivity index (χ4n) is 2.94. The summed E-state index contributed by atoms with van der Waals surface area (Å²) >= 11 is 0. The van der Waals surface area contributed by atoms with Gasteiger partial charge in [0.25, 0.3) is 0 Å². The van der Waals surface area contributed by atoms with Gasteiger partial charge in [-0.05, 0) is 37.3 Å². The number of pyridine rings is 1. The zero-order chi connectivity index (χ0) is 13.4. The Morgan fingerprint density at radius 1 is 1.35 bits per heavy atom. The Labute approximate surface area is 117 Å². The lowest BCUT2D eigenvalue weighted by atomic mass is 9.98. The van der Waals surface area contributed by atoms with E-state index in [1.165, 1.54) is 5.56 Å². The van der Waals surface area contributed by atoms with Gasteiger partial charge < -0.3 is 9.26 Å². The zero-order valence-electron chi connectivity index (χ0n) is 11.3. The Balaban J connectivity index is 1.56. The first kappa shape index (κ1) is 12.0. The smallest absolute Gasteiger partial charge is 0.237 e. The Morgan fingerprint density at radius 2 is 2.30 bits per heavy atom. The fourth-order valence-corrected chi connectivity index (χ4v) is 2.94. The summed E-state index contributed by atoms with van der Waals surface area (Å²) in [6, 6.07) is 4.04. The molecule has 2 aromatic heterocycles. The van der Waals surface area contributed by atoms with Crippen LogP contribution in [-0.2, 0) is 16.6 Å². The van der Waals surface area contributed by atoms with E-state index in [1.807, 2.05) is 12.3 Å². The van der Waals surface area contributed by atoms with Crippen LogP contribution in [0.2, 0.25) is 0 Å². The molecule has 1 atom stereocenters. The standard InChI is InChI=1S/C15H17N3O2/c1-3-11(10-16-7-1)15(5-6-15)14-17-13(18-20-14)9-12-4-2-8-19-12/h1,3,7,10,12H,2,4-6,8-9H2. The molecular weight excluding hydrogens is 254 g/mol. The molecule has 4 rings (SSSR count). The third-order valence-electron chi connectivity index (χ3n) is 4.28. The van der Waals surface area contributed by atoms with Gasteiger partial charge in [-0.2, -0.15) is 4.98 Å². The van der Waals surface area contributed by atoms with Crippen LogP contribution in [0.5, 0.6) is 0 Å². The van der Waals surface area contributed by atoms with Crippen molar-refractivity contribution in [1.29, 1.82) is 0 Å². The first-order valence-electron chi connectivity index (χ1n) is 7.22. The van der Waals surface area contributed by atoms with Crippen LogP contribution in [0.4, 0.5) is 0 Å². The maximum absolute atomic E-state index is 5.62. The van der Waals surface area contributed by atoms with Crippen molar-refractivity contribution < 1.29 is 9.26 Å². The first-order valence-corrected chi connectivity index (χ1v) is 7.22. The van der Waals surface area contributed by atoms with Crippen molar-refractivity contribution in [3.8, 4) is 0 Å². The van der Waals surface area contributed by atoms with Gasteiger partial charge in [0.1, 0.15) is 0 Å². The molecule has 1 aliphatic carbocycles. The number of ether oxygens (including phenoxy) is 1. The molecule has 1 saturated carbocycles. The number of hydrogen-bond acceptors (Lipinski definition) is 5. The molecule has 1 unspecified atom stereocenters. The Kier molecular flexibility index (Phi) is 2.80. The third kappa shape index (κ3) is 2.02. The molecule has 0 aromatic carbocycles. The average Bonchev–Trinajstić information content (AvgIpc) is 2.91. The van der Waals surface area contributed by atoms with E-state index < -0.39 is 0 Å². The van der Waals surface area contributed by atoms with E-state index in [2.05, 4.69) is 21.2 Å². The van der Waals surface area contributed by atoms with Gasteiger partial charge >= 0.3 is 0 Å². The van der Waals surface area contributed by atoms with Crippen molar-refractivity contribution in [2.24, 2.45) is 0 Å². The van der Waals surface area contributed by atoms with E-state index in [-0.39, 0.29) is 11.5 Å². The van der Waals surface area contributed by atoms with Crippen molar-refractivity contribution >= 4 is 0 Å². The Bertz CT molecular complexity index is 586. The molecule has 3 heterocycles. The monoisotopic (exact) mass is 271 g/mol. The Hall–Kier alpha value is -1.75. The zero-order valence-corrected chi connectivity index (χ0v) is 11.3. The van der Waals surface area contributed by atoms with Gasteiger partial charge in [0.05, 0.1) is 11.5 Å². The number of rotatable bonds is 4. The molecule has 104 valence electrons. The molecule has 2 aromatic rings. The van der Waals surface area contributed by atoms with Crippen molar-refractivity contribution in [2.45, 2.75) is 43.6 Å². The summed E-state index contributed by atoms with van der Waals surface area (Å²) in [7, 11) is 0. The van der Waals surface area contributed by atoms with Gasteiger partial charge in [-0.15, -0.1) is 0 Å². The summed E-state index contributed by atoms with van der Waals surface area (Å²) in [6.07, 6.45) is 9.04. The predicted octanol–water partition coefficient (Wildman–Crippen LogP) is 2.27. The second kappa shape index (κ2) is 4.66. The van der Waals surface area contributed by atoms with E-state index in [4.69, 9.17) is 9.26 Å². The molecule has 1 aliphatic heterocycles. The van der Waals surface area contributed by atoms with Crippen LogP contribution >= 0.6 is 0 Å². The van der Waals surface area contributed by atoms with Gasteiger partial charge in [-0.25, -0.2) is 0 Å². The minimum absolute atomic E-state index is 0.0873. The van der Waals surface area contributed by atoms with Crippen molar-refractivity contribution in [1.82, 2.24) is 15.1 Å². The number of aromatic nitrogens is 3. The highest BCUT2D eigenvalue weighted by Gasteiger charge is 2.51. The molecule has 20 heavy (non-hydrogen) atoms. The van der Waals surface area contributed by atoms with E-state index in [9.17, 15) is 0 Å². The SMILES string of the molecule is c1cncc(C2(c3nc(CC4CCCO4)no3)CC2)c1. The molecule has 0 N–H and O–H groups in total. The molecule has 1 saturated heterocycles. The van der Waals surface area contributed by atoms with E-state index in [1.54, 1.807) is 6.20 Å².